The van der Waals surface area contributed by atoms with Crippen molar-refractivity contribution in [2.75, 3.05) is 5.32 Å². The van der Waals surface area contributed by atoms with Gasteiger partial charge >= 0.3 is 0 Å². The number of fused-ring (bicyclic) bond motifs is 1. The van der Waals surface area contributed by atoms with Crippen LogP contribution in [0, 0.1) is 0 Å². The highest BCUT2D eigenvalue weighted by molar-refractivity contribution is 6.06. The molecule has 0 aliphatic carbocycles. The highest BCUT2D eigenvalue weighted by Crippen LogP contribution is 2.20. The molecule has 0 saturated carbocycles. The molecule has 1 aromatic carbocycles. The summed E-state index contributed by atoms with van der Waals surface area (Å²) < 4.78 is 1.70. The minimum atomic E-state index is -0.331. The van der Waals surface area contributed by atoms with E-state index in [4.69, 9.17) is 0 Å². The number of hydrogen-bond donors (Lipinski definition) is 2. The summed E-state index contributed by atoms with van der Waals surface area (Å²) in [6.07, 6.45) is 3.24. The van der Waals surface area contributed by atoms with E-state index in [-0.39, 0.29) is 17.5 Å². The van der Waals surface area contributed by atoms with Crippen LogP contribution in [0.3, 0.4) is 0 Å². The number of amides is 1. The monoisotopic (exact) mass is 268 g/mol. The van der Waals surface area contributed by atoms with E-state index in [2.05, 4.69) is 15.4 Å². The Labute approximate surface area is 114 Å². The van der Waals surface area contributed by atoms with Gasteiger partial charge in [0.15, 0.2) is 11.6 Å². The van der Waals surface area contributed by atoms with Gasteiger partial charge in [0.1, 0.15) is 0 Å². The molecule has 6 heteroatoms. The molecule has 3 aromatic rings. The molecule has 20 heavy (non-hydrogen) atoms. The molecule has 0 aliphatic heterocycles. The van der Waals surface area contributed by atoms with Crippen LogP contribution in [0.5, 0.6) is 5.75 Å². The van der Waals surface area contributed by atoms with Gasteiger partial charge in [-0.1, -0.05) is 6.07 Å². The Kier molecular flexibility index (Phi) is 2.83. The summed E-state index contributed by atoms with van der Waals surface area (Å²) in [4.78, 5) is 16.1. The number of aromatic nitrogens is 3. The lowest BCUT2D eigenvalue weighted by Crippen LogP contribution is -2.13. The molecule has 0 radical (unpaired) electrons. The van der Waals surface area contributed by atoms with Gasteiger partial charge in [0.25, 0.3) is 5.91 Å². The molecule has 3 rings (SSSR count). The molecule has 0 atom stereocenters. The van der Waals surface area contributed by atoms with Crippen molar-refractivity contribution in [3.8, 4) is 5.75 Å². The van der Waals surface area contributed by atoms with Crippen LogP contribution < -0.4 is 5.32 Å². The predicted molar refractivity (Wildman–Crippen MR) is 74.6 cm³/mol. The maximum absolute atomic E-state index is 12.2. The Bertz CT molecular complexity index is 795. The highest BCUT2D eigenvalue weighted by Gasteiger charge is 2.11. The van der Waals surface area contributed by atoms with Crippen LogP contribution in [0.4, 0.5) is 5.82 Å². The average Bonchev–Trinajstić information content (AvgIpc) is 2.82. The van der Waals surface area contributed by atoms with Gasteiger partial charge in [0.05, 0.1) is 11.7 Å². The number of pyridine rings is 1. The first-order chi connectivity index (χ1) is 9.65. The van der Waals surface area contributed by atoms with E-state index in [9.17, 15) is 9.90 Å². The molecular formula is C14H12N4O2. The minimum absolute atomic E-state index is 0.0672. The zero-order valence-electron chi connectivity index (χ0n) is 10.7. The molecule has 100 valence electrons. The largest absolute Gasteiger partial charge is 0.504 e. The summed E-state index contributed by atoms with van der Waals surface area (Å²) >= 11 is 0. The standard InChI is InChI=1S/C14H12N4O2/c1-18-11-7-9(4-5-10(11)8-16-18)14(20)17-13-12(19)3-2-6-15-13/h2-8,19H,1H3,(H,15,17,20). The van der Waals surface area contributed by atoms with Crippen LogP contribution in [-0.2, 0) is 7.05 Å². The Balaban J connectivity index is 1.92. The summed E-state index contributed by atoms with van der Waals surface area (Å²) in [5, 5.41) is 17.3. The second kappa shape index (κ2) is 4.65. The van der Waals surface area contributed by atoms with Gasteiger partial charge in [-0.2, -0.15) is 5.10 Å². The number of aromatic hydroxyl groups is 1. The van der Waals surface area contributed by atoms with E-state index in [1.807, 2.05) is 13.1 Å². The van der Waals surface area contributed by atoms with Crippen molar-refractivity contribution in [3.63, 3.8) is 0 Å². The summed E-state index contributed by atoms with van der Waals surface area (Å²) in [5.74, 6) is -0.257. The Morgan fingerprint density at radius 1 is 1.35 bits per heavy atom. The number of carbonyl (C=O) groups excluding carboxylic acids is 1. The summed E-state index contributed by atoms with van der Waals surface area (Å²) in [6.45, 7) is 0. The first-order valence-electron chi connectivity index (χ1n) is 6.02. The Morgan fingerprint density at radius 2 is 2.20 bits per heavy atom. The fourth-order valence-electron chi connectivity index (χ4n) is 1.96. The maximum Gasteiger partial charge on any atom is 0.256 e. The topological polar surface area (TPSA) is 80.0 Å². The van der Waals surface area contributed by atoms with Crippen molar-refractivity contribution in [3.05, 3.63) is 48.3 Å². The molecule has 0 bridgehead atoms. The van der Waals surface area contributed by atoms with Crippen molar-refractivity contribution < 1.29 is 9.90 Å². The number of aryl methyl sites for hydroxylation is 1. The van der Waals surface area contributed by atoms with E-state index < -0.39 is 0 Å². The number of anilines is 1. The molecule has 6 nitrogen and oxygen atoms in total. The number of carbonyl (C=O) groups is 1. The first kappa shape index (κ1) is 12.2. The minimum Gasteiger partial charge on any atom is -0.504 e. The van der Waals surface area contributed by atoms with Crippen LogP contribution in [0.1, 0.15) is 10.4 Å². The summed E-state index contributed by atoms with van der Waals surface area (Å²) in [5.41, 5.74) is 1.34. The van der Waals surface area contributed by atoms with Gasteiger partial charge in [-0.05, 0) is 24.3 Å². The van der Waals surface area contributed by atoms with Crippen LogP contribution in [0.2, 0.25) is 0 Å². The molecule has 2 aromatic heterocycles. The SMILES string of the molecule is Cn1ncc2ccc(C(=O)Nc3ncccc3O)cc21. The van der Waals surface area contributed by atoms with E-state index in [0.717, 1.165) is 10.9 Å². The normalized spacial score (nSPS) is 10.7. The molecule has 0 spiro atoms. The highest BCUT2D eigenvalue weighted by atomic mass is 16.3. The summed E-state index contributed by atoms with van der Waals surface area (Å²) in [6, 6.07) is 8.34. The smallest absolute Gasteiger partial charge is 0.256 e. The second-order valence-electron chi connectivity index (χ2n) is 4.37. The Hall–Kier alpha value is -2.89. The first-order valence-corrected chi connectivity index (χ1v) is 6.02. The van der Waals surface area contributed by atoms with Gasteiger partial charge < -0.3 is 10.4 Å². The van der Waals surface area contributed by atoms with Gasteiger partial charge in [-0.15, -0.1) is 0 Å². The molecule has 2 N–H and O–H groups in total. The lowest BCUT2D eigenvalue weighted by molar-refractivity contribution is 0.102. The molecule has 0 fully saturated rings. The molecule has 0 aliphatic rings. The number of hydrogen-bond acceptors (Lipinski definition) is 4. The lowest BCUT2D eigenvalue weighted by Gasteiger charge is -2.06. The maximum atomic E-state index is 12.2. The predicted octanol–water partition coefficient (Wildman–Crippen LogP) is 1.93. The third-order valence-electron chi connectivity index (χ3n) is 3.03. The van der Waals surface area contributed by atoms with Crippen LogP contribution in [0.15, 0.2) is 42.7 Å². The van der Waals surface area contributed by atoms with Gasteiger partial charge in [0.2, 0.25) is 0 Å². The van der Waals surface area contributed by atoms with Crippen LogP contribution in [0.25, 0.3) is 10.9 Å². The molecule has 0 saturated heterocycles. The molecule has 1 amide bonds. The second-order valence-corrected chi connectivity index (χ2v) is 4.37. The van der Waals surface area contributed by atoms with E-state index in [0.29, 0.717) is 5.56 Å². The Morgan fingerprint density at radius 3 is 3.00 bits per heavy atom. The van der Waals surface area contributed by atoms with Crippen molar-refractivity contribution in [2.45, 2.75) is 0 Å². The third kappa shape index (κ3) is 2.07. The van der Waals surface area contributed by atoms with Gasteiger partial charge in [0, 0.05) is 24.2 Å². The number of nitrogens with one attached hydrogen (secondary N) is 1. The number of rotatable bonds is 2. The van der Waals surface area contributed by atoms with Crippen LogP contribution in [-0.4, -0.2) is 25.8 Å². The van der Waals surface area contributed by atoms with E-state index in [1.165, 1.54) is 12.3 Å². The average molecular weight is 268 g/mol. The van der Waals surface area contributed by atoms with Crippen molar-refractivity contribution in [1.29, 1.82) is 0 Å². The molecule has 0 unspecified atom stereocenters. The van der Waals surface area contributed by atoms with Gasteiger partial charge in [-0.25, -0.2) is 4.98 Å². The zero-order chi connectivity index (χ0) is 14.1. The quantitative estimate of drug-likeness (QED) is 0.744. The van der Waals surface area contributed by atoms with E-state index >= 15 is 0 Å². The molecular weight excluding hydrogens is 256 g/mol. The van der Waals surface area contributed by atoms with Crippen molar-refractivity contribution >= 4 is 22.6 Å². The van der Waals surface area contributed by atoms with Crippen LogP contribution >= 0.6 is 0 Å². The third-order valence-corrected chi connectivity index (χ3v) is 3.03. The van der Waals surface area contributed by atoms with Crippen molar-refractivity contribution in [1.82, 2.24) is 14.8 Å². The van der Waals surface area contributed by atoms with E-state index in [1.54, 1.807) is 29.1 Å². The number of nitrogens with zero attached hydrogens (tertiary/aromatic N) is 3. The van der Waals surface area contributed by atoms with Crippen molar-refractivity contribution in [2.24, 2.45) is 7.05 Å². The molecule has 2 heterocycles. The lowest BCUT2D eigenvalue weighted by atomic mass is 10.1. The fourth-order valence-corrected chi connectivity index (χ4v) is 1.96. The number of benzene rings is 1. The zero-order valence-corrected chi connectivity index (χ0v) is 10.7. The van der Waals surface area contributed by atoms with Gasteiger partial charge in [-0.3, -0.25) is 9.48 Å². The summed E-state index contributed by atoms with van der Waals surface area (Å²) in [7, 11) is 1.81. The fraction of sp³-hybridized carbons (Fsp3) is 0.0714.